The number of benzene rings is 1. The zero-order valence-corrected chi connectivity index (χ0v) is 10.5. The van der Waals surface area contributed by atoms with Crippen molar-refractivity contribution < 1.29 is 9.18 Å². The minimum Gasteiger partial charge on any atom is -0.350 e. The highest BCUT2D eigenvalue weighted by molar-refractivity contribution is 5.77. The van der Waals surface area contributed by atoms with Crippen LogP contribution in [0.3, 0.4) is 0 Å². The van der Waals surface area contributed by atoms with Gasteiger partial charge in [-0.3, -0.25) is 4.79 Å². The van der Waals surface area contributed by atoms with Gasteiger partial charge in [0.15, 0.2) is 0 Å². The third-order valence-corrected chi connectivity index (χ3v) is 2.34. The van der Waals surface area contributed by atoms with Crippen molar-refractivity contribution >= 4 is 5.91 Å². The lowest BCUT2D eigenvalue weighted by molar-refractivity contribution is -0.122. The number of halogens is 1. The number of hydrogen-bond acceptors (Lipinski definition) is 2. The van der Waals surface area contributed by atoms with Gasteiger partial charge in [-0.1, -0.05) is 12.1 Å². The lowest BCUT2D eigenvalue weighted by Gasteiger charge is -2.20. The summed E-state index contributed by atoms with van der Waals surface area (Å²) in [5, 5.41) is 2.79. The summed E-state index contributed by atoms with van der Waals surface area (Å²) in [6, 6.07) is 5.97. The average molecular weight is 238 g/mol. The summed E-state index contributed by atoms with van der Waals surface area (Å²) in [6.45, 7) is 5.40. The van der Waals surface area contributed by atoms with Crippen LogP contribution in [0.25, 0.3) is 0 Å². The molecule has 3 nitrogen and oxygen atoms in total. The Morgan fingerprint density at radius 2 is 2.18 bits per heavy atom. The molecule has 0 radical (unpaired) electrons. The number of nitrogens with one attached hydrogen (secondary N) is 1. The van der Waals surface area contributed by atoms with Crippen molar-refractivity contribution in [2.45, 2.75) is 38.8 Å². The predicted molar refractivity (Wildman–Crippen MR) is 65.8 cm³/mol. The van der Waals surface area contributed by atoms with E-state index >= 15 is 0 Å². The lowest BCUT2D eigenvalue weighted by Crippen LogP contribution is -2.39. The first-order chi connectivity index (χ1) is 7.78. The van der Waals surface area contributed by atoms with E-state index in [0.29, 0.717) is 0 Å². The summed E-state index contributed by atoms with van der Waals surface area (Å²) < 4.78 is 13.0. The maximum atomic E-state index is 13.0. The fraction of sp³-hybridized carbons (Fsp3) is 0.462. The molecule has 0 aliphatic rings. The van der Waals surface area contributed by atoms with Gasteiger partial charge in [0.25, 0.3) is 0 Å². The summed E-state index contributed by atoms with van der Waals surface area (Å²) in [6.07, 6.45) is 0.243. The summed E-state index contributed by atoms with van der Waals surface area (Å²) in [5.74, 6) is -0.433. The van der Waals surface area contributed by atoms with Gasteiger partial charge in [0.1, 0.15) is 5.82 Å². The molecule has 94 valence electrons. The second-order valence-electron chi connectivity index (χ2n) is 5.01. The monoisotopic (exact) mass is 238 g/mol. The van der Waals surface area contributed by atoms with Gasteiger partial charge >= 0.3 is 0 Å². The molecular weight excluding hydrogens is 219 g/mol. The van der Waals surface area contributed by atoms with Crippen molar-refractivity contribution in [2.24, 2.45) is 5.73 Å². The lowest BCUT2D eigenvalue weighted by atomic mass is 10.0. The van der Waals surface area contributed by atoms with E-state index in [4.69, 9.17) is 5.73 Å². The average Bonchev–Trinajstić information content (AvgIpc) is 2.14. The SMILES string of the molecule is CC(NC(=O)CC(C)(C)N)c1cccc(F)c1. The molecule has 1 amide bonds. The number of rotatable bonds is 4. The molecule has 1 rings (SSSR count). The van der Waals surface area contributed by atoms with Gasteiger partial charge in [-0.05, 0) is 38.5 Å². The van der Waals surface area contributed by atoms with Crippen LogP contribution in [-0.4, -0.2) is 11.4 Å². The van der Waals surface area contributed by atoms with E-state index in [2.05, 4.69) is 5.32 Å². The molecule has 0 aromatic heterocycles. The molecule has 0 aliphatic heterocycles. The molecule has 0 aliphatic carbocycles. The molecule has 0 bridgehead atoms. The molecular formula is C13H19FN2O. The number of carbonyl (C=O) groups excluding carboxylic acids is 1. The summed E-state index contributed by atoms with van der Waals surface area (Å²) in [7, 11) is 0. The van der Waals surface area contributed by atoms with Gasteiger partial charge in [-0.15, -0.1) is 0 Å². The number of nitrogens with two attached hydrogens (primary N) is 1. The maximum Gasteiger partial charge on any atom is 0.222 e. The van der Waals surface area contributed by atoms with Gasteiger partial charge in [0.05, 0.1) is 6.04 Å². The van der Waals surface area contributed by atoms with Crippen molar-refractivity contribution in [3.8, 4) is 0 Å². The van der Waals surface area contributed by atoms with Gasteiger partial charge in [0, 0.05) is 12.0 Å². The third-order valence-electron chi connectivity index (χ3n) is 2.34. The first-order valence-corrected chi connectivity index (χ1v) is 5.61. The molecule has 1 aromatic rings. The van der Waals surface area contributed by atoms with E-state index in [1.807, 2.05) is 6.92 Å². The Bertz CT molecular complexity index is 399. The zero-order valence-electron chi connectivity index (χ0n) is 10.5. The smallest absolute Gasteiger partial charge is 0.222 e. The van der Waals surface area contributed by atoms with Crippen LogP contribution in [0, 0.1) is 5.82 Å². The topological polar surface area (TPSA) is 55.1 Å². The van der Waals surface area contributed by atoms with Crippen LogP contribution in [0.5, 0.6) is 0 Å². The van der Waals surface area contributed by atoms with Gasteiger partial charge in [0.2, 0.25) is 5.91 Å². The highest BCUT2D eigenvalue weighted by Gasteiger charge is 2.18. The Balaban J connectivity index is 2.61. The first kappa shape index (κ1) is 13.6. The van der Waals surface area contributed by atoms with Crippen LogP contribution >= 0.6 is 0 Å². The van der Waals surface area contributed by atoms with Crippen LogP contribution < -0.4 is 11.1 Å². The Labute approximate surface area is 101 Å². The number of carbonyl (C=O) groups is 1. The van der Waals surface area contributed by atoms with E-state index in [0.717, 1.165) is 5.56 Å². The fourth-order valence-corrected chi connectivity index (χ4v) is 1.57. The Morgan fingerprint density at radius 3 is 2.71 bits per heavy atom. The molecule has 17 heavy (non-hydrogen) atoms. The minimum absolute atomic E-state index is 0.130. The molecule has 1 atom stereocenters. The molecule has 3 N–H and O–H groups in total. The largest absolute Gasteiger partial charge is 0.350 e. The van der Waals surface area contributed by atoms with Crippen LogP contribution in [0.1, 0.15) is 38.8 Å². The maximum absolute atomic E-state index is 13.0. The fourth-order valence-electron chi connectivity index (χ4n) is 1.57. The first-order valence-electron chi connectivity index (χ1n) is 5.61. The van der Waals surface area contributed by atoms with Crippen LogP contribution in [0.4, 0.5) is 4.39 Å². The van der Waals surface area contributed by atoms with Gasteiger partial charge in [-0.2, -0.15) is 0 Å². The normalized spacial score (nSPS) is 13.2. The number of amides is 1. The minimum atomic E-state index is -0.536. The molecule has 4 heteroatoms. The van der Waals surface area contributed by atoms with E-state index in [9.17, 15) is 9.18 Å². The summed E-state index contributed by atoms with van der Waals surface area (Å²) in [4.78, 5) is 11.6. The van der Waals surface area contributed by atoms with Gasteiger partial charge in [-0.25, -0.2) is 4.39 Å². The van der Waals surface area contributed by atoms with Crippen LogP contribution in [-0.2, 0) is 4.79 Å². The van der Waals surface area contributed by atoms with Gasteiger partial charge < -0.3 is 11.1 Å². The van der Waals surface area contributed by atoms with E-state index in [1.54, 1.807) is 26.0 Å². The van der Waals surface area contributed by atoms with E-state index in [1.165, 1.54) is 12.1 Å². The predicted octanol–water partition coefficient (Wildman–Crippen LogP) is 2.13. The summed E-state index contributed by atoms with van der Waals surface area (Å²) >= 11 is 0. The van der Waals surface area contributed by atoms with Crippen LogP contribution in [0.15, 0.2) is 24.3 Å². The molecule has 0 saturated carbocycles. The zero-order chi connectivity index (χ0) is 13.1. The summed E-state index contributed by atoms with van der Waals surface area (Å²) in [5.41, 5.74) is 5.96. The van der Waals surface area contributed by atoms with Crippen molar-refractivity contribution in [1.29, 1.82) is 0 Å². The molecule has 0 fully saturated rings. The van der Waals surface area contributed by atoms with E-state index in [-0.39, 0.29) is 24.2 Å². The highest BCUT2D eigenvalue weighted by Crippen LogP contribution is 2.14. The second kappa shape index (κ2) is 5.27. The Hall–Kier alpha value is -1.42. The van der Waals surface area contributed by atoms with Crippen molar-refractivity contribution in [3.05, 3.63) is 35.6 Å². The standard InChI is InChI=1S/C13H19FN2O/c1-9(10-5-4-6-11(14)7-10)16-12(17)8-13(2,3)15/h4-7,9H,8,15H2,1-3H3,(H,16,17). The van der Waals surface area contributed by atoms with E-state index < -0.39 is 5.54 Å². The molecule has 0 heterocycles. The Kier molecular flexibility index (Phi) is 4.23. The second-order valence-corrected chi connectivity index (χ2v) is 5.01. The van der Waals surface area contributed by atoms with Crippen molar-refractivity contribution in [1.82, 2.24) is 5.32 Å². The molecule has 0 spiro atoms. The molecule has 0 saturated heterocycles. The Morgan fingerprint density at radius 1 is 1.53 bits per heavy atom. The van der Waals surface area contributed by atoms with Crippen LogP contribution in [0.2, 0.25) is 0 Å². The van der Waals surface area contributed by atoms with Crippen molar-refractivity contribution in [2.75, 3.05) is 0 Å². The molecule has 1 aromatic carbocycles. The highest BCUT2D eigenvalue weighted by atomic mass is 19.1. The van der Waals surface area contributed by atoms with Crippen molar-refractivity contribution in [3.63, 3.8) is 0 Å². The molecule has 1 unspecified atom stereocenters. The quantitative estimate of drug-likeness (QED) is 0.844. The third kappa shape index (κ3) is 4.95. The number of hydrogen-bond donors (Lipinski definition) is 2.